The maximum atomic E-state index is 13.6. The zero-order valence-electron chi connectivity index (χ0n) is 14.1. The number of aryl methyl sites for hydroxylation is 1. The number of carbonyl (C=O) groups excluding carboxylic acids is 1. The van der Waals surface area contributed by atoms with E-state index in [2.05, 4.69) is 15.6 Å². The minimum Gasteiger partial charge on any atom is -0.352 e. The van der Waals surface area contributed by atoms with Gasteiger partial charge in [0.25, 0.3) is 5.91 Å². The van der Waals surface area contributed by atoms with Gasteiger partial charge >= 0.3 is 0 Å². The van der Waals surface area contributed by atoms with Gasteiger partial charge in [-0.3, -0.25) is 4.79 Å². The Labute approximate surface area is 149 Å². The van der Waals surface area contributed by atoms with E-state index >= 15 is 0 Å². The standard InChI is InChI=1S/C20H17F2N3O/c1-13-3-2-4-14(9-13)11-24-20(26)19-8-6-16(12-23-19)25-18-7-5-15(21)10-17(18)22/h2-10,12,25H,11H2,1H3,(H,24,26). The largest absolute Gasteiger partial charge is 0.352 e. The summed E-state index contributed by atoms with van der Waals surface area (Å²) in [5.74, 6) is -1.65. The Hall–Kier alpha value is -3.28. The average Bonchev–Trinajstić information content (AvgIpc) is 2.63. The SMILES string of the molecule is Cc1cccc(CNC(=O)c2ccc(Nc3ccc(F)cc3F)cn2)c1. The number of nitrogens with zero attached hydrogens (tertiary/aromatic N) is 1. The number of hydrogen-bond acceptors (Lipinski definition) is 3. The molecule has 0 aliphatic heterocycles. The van der Waals surface area contributed by atoms with Gasteiger partial charge in [0.2, 0.25) is 0 Å². The molecule has 1 amide bonds. The quantitative estimate of drug-likeness (QED) is 0.717. The van der Waals surface area contributed by atoms with Gasteiger partial charge < -0.3 is 10.6 Å². The fourth-order valence-corrected chi connectivity index (χ4v) is 2.44. The lowest BCUT2D eigenvalue weighted by Gasteiger charge is -2.09. The number of nitrogens with one attached hydrogen (secondary N) is 2. The van der Waals surface area contributed by atoms with Crippen molar-refractivity contribution in [1.29, 1.82) is 0 Å². The molecular formula is C20H17F2N3O. The number of aromatic nitrogens is 1. The number of pyridine rings is 1. The van der Waals surface area contributed by atoms with Gasteiger partial charge in [-0.15, -0.1) is 0 Å². The van der Waals surface area contributed by atoms with Crippen LogP contribution in [0.1, 0.15) is 21.6 Å². The minimum absolute atomic E-state index is 0.129. The van der Waals surface area contributed by atoms with Gasteiger partial charge in [0.05, 0.1) is 17.6 Å². The number of anilines is 2. The first-order valence-electron chi connectivity index (χ1n) is 8.03. The molecule has 6 heteroatoms. The summed E-state index contributed by atoms with van der Waals surface area (Å²) in [6, 6.07) is 14.3. The molecule has 0 bridgehead atoms. The van der Waals surface area contributed by atoms with Crippen molar-refractivity contribution in [3.05, 3.63) is 89.2 Å². The van der Waals surface area contributed by atoms with Crippen LogP contribution in [0.25, 0.3) is 0 Å². The van der Waals surface area contributed by atoms with E-state index in [1.165, 1.54) is 18.3 Å². The van der Waals surface area contributed by atoms with Crippen LogP contribution in [0.2, 0.25) is 0 Å². The molecule has 4 nitrogen and oxygen atoms in total. The molecule has 0 spiro atoms. The molecule has 0 atom stereocenters. The Bertz CT molecular complexity index is 927. The summed E-state index contributed by atoms with van der Waals surface area (Å²) in [5.41, 5.74) is 3.00. The molecule has 0 aliphatic rings. The summed E-state index contributed by atoms with van der Waals surface area (Å²) in [6.45, 7) is 2.39. The van der Waals surface area contributed by atoms with Gasteiger partial charge in [0.1, 0.15) is 17.3 Å². The van der Waals surface area contributed by atoms with Crippen molar-refractivity contribution in [2.45, 2.75) is 13.5 Å². The normalized spacial score (nSPS) is 10.4. The Balaban J connectivity index is 1.62. The number of amides is 1. The van der Waals surface area contributed by atoms with E-state index in [1.54, 1.807) is 6.07 Å². The van der Waals surface area contributed by atoms with Crippen molar-refractivity contribution >= 4 is 17.3 Å². The third kappa shape index (κ3) is 4.42. The summed E-state index contributed by atoms with van der Waals surface area (Å²) in [7, 11) is 0. The molecule has 0 aliphatic carbocycles. The van der Waals surface area contributed by atoms with Crippen LogP contribution in [0, 0.1) is 18.6 Å². The van der Waals surface area contributed by atoms with Crippen LogP contribution >= 0.6 is 0 Å². The van der Waals surface area contributed by atoms with E-state index in [-0.39, 0.29) is 17.3 Å². The summed E-state index contributed by atoms with van der Waals surface area (Å²) in [4.78, 5) is 16.2. The molecule has 1 aromatic heterocycles. The van der Waals surface area contributed by atoms with E-state index < -0.39 is 11.6 Å². The summed E-state index contributed by atoms with van der Waals surface area (Å²) in [6.07, 6.45) is 1.42. The Morgan fingerprint density at radius 1 is 1.08 bits per heavy atom. The molecule has 0 fully saturated rings. The number of carbonyl (C=O) groups is 1. The first-order valence-corrected chi connectivity index (χ1v) is 8.03. The summed E-state index contributed by atoms with van der Waals surface area (Å²) in [5, 5.41) is 5.60. The average molecular weight is 353 g/mol. The Morgan fingerprint density at radius 2 is 1.92 bits per heavy atom. The Morgan fingerprint density at radius 3 is 2.62 bits per heavy atom. The molecule has 0 saturated heterocycles. The van der Waals surface area contributed by atoms with E-state index in [9.17, 15) is 13.6 Å². The molecule has 132 valence electrons. The third-order valence-corrected chi connectivity index (χ3v) is 3.74. The predicted octanol–water partition coefficient (Wildman–Crippen LogP) is 4.34. The van der Waals surface area contributed by atoms with Gasteiger partial charge in [0.15, 0.2) is 0 Å². The highest BCUT2D eigenvalue weighted by Crippen LogP contribution is 2.20. The number of rotatable bonds is 5. The lowest BCUT2D eigenvalue weighted by molar-refractivity contribution is 0.0946. The van der Waals surface area contributed by atoms with Crippen LogP contribution in [0.3, 0.4) is 0 Å². The zero-order valence-corrected chi connectivity index (χ0v) is 14.1. The highest BCUT2D eigenvalue weighted by molar-refractivity contribution is 5.92. The lowest BCUT2D eigenvalue weighted by Crippen LogP contribution is -2.23. The van der Waals surface area contributed by atoms with Crippen molar-refractivity contribution in [3.63, 3.8) is 0 Å². The number of benzene rings is 2. The van der Waals surface area contributed by atoms with Crippen molar-refractivity contribution in [1.82, 2.24) is 10.3 Å². The van der Waals surface area contributed by atoms with Crippen molar-refractivity contribution in [3.8, 4) is 0 Å². The Kier molecular flexibility index (Phi) is 5.22. The van der Waals surface area contributed by atoms with Gasteiger partial charge in [-0.25, -0.2) is 13.8 Å². The van der Waals surface area contributed by atoms with E-state index in [0.717, 1.165) is 23.3 Å². The molecule has 0 radical (unpaired) electrons. The zero-order chi connectivity index (χ0) is 18.5. The molecule has 3 aromatic rings. The number of halogens is 2. The molecular weight excluding hydrogens is 336 g/mol. The second kappa shape index (κ2) is 7.74. The third-order valence-electron chi connectivity index (χ3n) is 3.74. The fraction of sp³-hybridized carbons (Fsp3) is 0.100. The molecule has 0 unspecified atom stereocenters. The van der Waals surface area contributed by atoms with Crippen LogP contribution in [0.4, 0.5) is 20.2 Å². The van der Waals surface area contributed by atoms with Crippen LogP contribution in [0.5, 0.6) is 0 Å². The molecule has 0 saturated carbocycles. The predicted molar refractivity (Wildman–Crippen MR) is 96.2 cm³/mol. The van der Waals surface area contributed by atoms with E-state index in [0.29, 0.717) is 12.2 Å². The lowest BCUT2D eigenvalue weighted by atomic mass is 10.1. The van der Waals surface area contributed by atoms with Gasteiger partial charge in [-0.2, -0.15) is 0 Å². The molecule has 2 aromatic carbocycles. The van der Waals surface area contributed by atoms with Crippen LogP contribution < -0.4 is 10.6 Å². The van der Waals surface area contributed by atoms with Crippen molar-refractivity contribution in [2.24, 2.45) is 0 Å². The summed E-state index contributed by atoms with van der Waals surface area (Å²) < 4.78 is 26.6. The first-order chi connectivity index (χ1) is 12.5. The van der Waals surface area contributed by atoms with Crippen LogP contribution in [-0.2, 0) is 6.54 Å². The molecule has 2 N–H and O–H groups in total. The molecule has 1 heterocycles. The van der Waals surface area contributed by atoms with Gasteiger partial charge in [-0.05, 0) is 36.8 Å². The fourth-order valence-electron chi connectivity index (χ4n) is 2.44. The topological polar surface area (TPSA) is 54.0 Å². The first kappa shape index (κ1) is 17.5. The van der Waals surface area contributed by atoms with E-state index in [4.69, 9.17) is 0 Å². The van der Waals surface area contributed by atoms with Gasteiger partial charge in [0, 0.05) is 12.6 Å². The second-order valence-corrected chi connectivity index (χ2v) is 5.85. The highest BCUT2D eigenvalue weighted by Gasteiger charge is 2.08. The molecule has 3 rings (SSSR count). The number of hydrogen-bond donors (Lipinski definition) is 2. The maximum Gasteiger partial charge on any atom is 0.270 e. The van der Waals surface area contributed by atoms with Crippen molar-refractivity contribution in [2.75, 3.05) is 5.32 Å². The van der Waals surface area contributed by atoms with Crippen LogP contribution in [0.15, 0.2) is 60.8 Å². The smallest absolute Gasteiger partial charge is 0.270 e. The maximum absolute atomic E-state index is 13.6. The monoisotopic (exact) mass is 353 g/mol. The van der Waals surface area contributed by atoms with Gasteiger partial charge in [-0.1, -0.05) is 29.8 Å². The molecule has 26 heavy (non-hydrogen) atoms. The van der Waals surface area contributed by atoms with Crippen LogP contribution in [-0.4, -0.2) is 10.9 Å². The van der Waals surface area contributed by atoms with Crippen molar-refractivity contribution < 1.29 is 13.6 Å². The summed E-state index contributed by atoms with van der Waals surface area (Å²) >= 11 is 0. The minimum atomic E-state index is -0.704. The van der Waals surface area contributed by atoms with E-state index in [1.807, 2.05) is 31.2 Å². The second-order valence-electron chi connectivity index (χ2n) is 5.85. The highest BCUT2D eigenvalue weighted by atomic mass is 19.1.